The predicted molar refractivity (Wildman–Crippen MR) is 115 cm³/mol. The molecule has 1 heterocycles. The standard InChI is InChI=1S/C23H27N3O3/c1-2-29-21-13-7-6-12-20(21)24-22(27)23(28)26-17-15-25(16-18-26)14-8-11-19-9-4-3-5-10-19/h3-13H,2,14-18H2,1H3,(H,24,27)/b11-8+. The third kappa shape index (κ3) is 5.93. The Morgan fingerprint density at radius 1 is 1.00 bits per heavy atom. The van der Waals surface area contributed by atoms with Crippen LogP contribution in [0.3, 0.4) is 0 Å². The zero-order chi connectivity index (χ0) is 20.5. The van der Waals surface area contributed by atoms with E-state index in [4.69, 9.17) is 4.74 Å². The lowest BCUT2D eigenvalue weighted by atomic mass is 10.2. The number of hydrogen-bond acceptors (Lipinski definition) is 4. The maximum Gasteiger partial charge on any atom is 0.314 e. The zero-order valence-electron chi connectivity index (χ0n) is 16.7. The van der Waals surface area contributed by atoms with Crippen LogP contribution in [0.25, 0.3) is 6.08 Å². The molecule has 0 bridgehead atoms. The van der Waals surface area contributed by atoms with E-state index >= 15 is 0 Å². The molecular weight excluding hydrogens is 366 g/mol. The zero-order valence-corrected chi connectivity index (χ0v) is 16.7. The van der Waals surface area contributed by atoms with E-state index in [-0.39, 0.29) is 0 Å². The van der Waals surface area contributed by atoms with Crippen molar-refractivity contribution in [2.45, 2.75) is 6.92 Å². The fraction of sp³-hybridized carbons (Fsp3) is 0.304. The van der Waals surface area contributed by atoms with Crippen LogP contribution in [0.1, 0.15) is 12.5 Å². The first kappa shape index (κ1) is 20.6. The molecule has 2 amide bonds. The highest BCUT2D eigenvalue weighted by molar-refractivity contribution is 6.39. The van der Waals surface area contributed by atoms with E-state index < -0.39 is 11.8 Å². The Bertz CT molecular complexity index is 843. The molecule has 1 aliphatic rings. The van der Waals surface area contributed by atoms with Gasteiger partial charge >= 0.3 is 11.8 Å². The molecule has 1 fully saturated rings. The number of carbonyl (C=O) groups is 2. The van der Waals surface area contributed by atoms with Gasteiger partial charge in [-0.2, -0.15) is 0 Å². The summed E-state index contributed by atoms with van der Waals surface area (Å²) in [5.74, 6) is -0.573. The number of amides is 2. The molecule has 0 unspecified atom stereocenters. The van der Waals surface area contributed by atoms with Crippen molar-refractivity contribution in [2.24, 2.45) is 0 Å². The fourth-order valence-corrected chi connectivity index (χ4v) is 3.21. The van der Waals surface area contributed by atoms with Crippen LogP contribution in [0.5, 0.6) is 5.75 Å². The van der Waals surface area contributed by atoms with Gasteiger partial charge in [0.1, 0.15) is 5.75 Å². The Labute approximate surface area is 171 Å². The summed E-state index contributed by atoms with van der Waals surface area (Å²) < 4.78 is 5.49. The molecule has 29 heavy (non-hydrogen) atoms. The predicted octanol–water partition coefficient (Wildman–Crippen LogP) is 2.88. The summed E-state index contributed by atoms with van der Waals surface area (Å²) in [4.78, 5) is 28.8. The third-order valence-electron chi connectivity index (χ3n) is 4.76. The molecular formula is C23H27N3O3. The number of carbonyl (C=O) groups excluding carboxylic acids is 2. The number of para-hydroxylation sites is 2. The van der Waals surface area contributed by atoms with E-state index in [0.29, 0.717) is 31.1 Å². The molecule has 0 radical (unpaired) electrons. The first-order chi connectivity index (χ1) is 14.2. The van der Waals surface area contributed by atoms with Gasteiger partial charge in [0.2, 0.25) is 0 Å². The quantitative estimate of drug-likeness (QED) is 0.767. The topological polar surface area (TPSA) is 61.9 Å². The second-order valence-corrected chi connectivity index (χ2v) is 6.79. The number of nitrogens with zero attached hydrogens (tertiary/aromatic N) is 2. The van der Waals surface area contributed by atoms with Gasteiger partial charge < -0.3 is 15.0 Å². The van der Waals surface area contributed by atoms with E-state index in [1.54, 1.807) is 23.1 Å². The number of piperazine rings is 1. The number of hydrogen-bond donors (Lipinski definition) is 1. The Kier molecular flexibility index (Phi) is 7.41. The molecule has 0 aromatic heterocycles. The average molecular weight is 393 g/mol. The lowest BCUT2D eigenvalue weighted by molar-refractivity contribution is -0.144. The molecule has 0 atom stereocenters. The first-order valence-electron chi connectivity index (χ1n) is 9.93. The van der Waals surface area contributed by atoms with Gasteiger partial charge in [0.15, 0.2) is 0 Å². The van der Waals surface area contributed by atoms with Gasteiger partial charge in [0.05, 0.1) is 12.3 Å². The van der Waals surface area contributed by atoms with Crippen LogP contribution in [-0.4, -0.2) is 60.9 Å². The van der Waals surface area contributed by atoms with Gasteiger partial charge in [0, 0.05) is 32.7 Å². The maximum absolute atomic E-state index is 12.5. The van der Waals surface area contributed by atoms with Crippen LogP contribution in [0, 0.1) is 0 Å². The third-order valence-corrected chi connectivity index (χ3v) is 4.76. The lowest BCUT2D eigenvalue weighted by Crippen LogP contribution is -2.51. The fourth-order valence-electron chi connectivity index (χ4n) is 3.21. The van der Waals surface area contributed by atoms with E-state index in [9.17, 15) is 9.59 Å². The summed E-state index contributed by atoms with van der Waals surface area (Å²) in [5, 5.41) is 2.68. The molecule has 0 saturated carbocycles. The Balaban J connectivity index is 1.47. The van der Waals surface area contributed by atoms with Crippen LogP contribution in [0.15, 0.2) is 60.7 Å². The summed E-state index contributed by atoms with van der Waals surface area (Å²) in [6, 6.07) is 17.3. The molecule has 2 aromatic rings. The minimum absolute atomic E-state index is 0.488. The van der Waals surface area contributed by atoms with Crippen molar-refractivity contribution >= 4 is 23.6 Å². The van der Waals surface area contributed by atoms with Gasteiger partial charge in [-0.15, -0.1) is 0 Å². The number of rotatable bonds is 6. The van der Waals surface area contributed by atoms with Crippen molar-refractivity contribution in [2.75, 3.05) is 44.6 Å². The molecule has 152 valence electrons. The van der Waals surface area contributed by atoms with Crippen LogP contribution < -0.4 is 10.1 Å². The molecule has 2 aromatic carbocycles. The number of nitrogens with one attached hydrogen (secondary N) is 1. The lowest BCUT2D eigenvalue weighted by Gasteiger charge is -2.33. The summed E-state index contributed by atoms with van der Waals surface area (Å²) in [6.07, 6.45) is 4.23. The molecule has 3 rings (SSSR count). The monoisotopic (exact) mass is 393 g/mol. The van der Waals surface area contributed by atoms with E-state index in [1.807, 2.05) is 31.2 Å². The number of anilines is 1. The molecule has 0 aliphatic carbocycles. The molecule has 1 N–H and O–H groups in total. The molecule has 6 nitrogen and oxygen atoms in total. The van der Waals surface area contributed by atoms with E-state index in [1.165, 1.54) is 5.56 Å². The van der Waals surface area contributed by atoms with Crippen LogP contribution in [0.2, 0.25) is 0 Å². The van der Waals surface area contributed by atoms with Crippen LogP contribution >= 0.6 is 0 Å². The number of ether oxygens (including phenoxy) is 1. The summed E-state index contributed by atoms with van der Waals surface area (Å²) in [5.41, 5.74) is 1.68. The van der Waals surface area contributed by atoms with Gasteiger partial charge in [-0.25, -0.2) is 0 Å². The second-order valence-electron chi connectivity index (χ2n) is 6.79. The average Bonchev–Trinajstić information content (AvgIpc) is 2.76. The van der Waals surface area contributed by atoms with Crippen molar-refractivity contribution in [3.63, 3.8) is 0 Å². The van der Waals surface area contributed by atoms with E-state index in [2.05, 4.69) is 34.5 Å². The highest BCUT2D eigenvalue weighted by Crippen LogP contribution is 2.23. The molecule has 6 heteroatoms. The Morgan fingerprint density at radius 3 is 2.41 bits per heavy atom. The summed E-state index contributed by atoms with van der Waals surface area (Å²) in [6.45, 7) is 5.75. The smallest absolute Gasteiger partial charge is 0.314 e. The highest BCUT2D eigenvalue weighted by Gasteiger charge is 2.26. The van der Waals surface area contributed by atoms with Gasteiger partial charge in [-0.05, 0) is 24.6 Å². The minimum atomic E-state index is -0.630. The highest BCUT2D eigenvalue weighted by atomic mass is 16.5. The summed E-state index contributed by atoms with van der Waals surface area (Å²) >= 11 is 0. The Morgan fingerprint density at radius 2 is 1.69 bits per heavy atom. The summed E-state index contributed by atoms with van der Waals surface area (Å²) in [7, 11) is 0. The van der Waals surface area contributed by atoms with Gasteiger partial charge in [-0.3, -0.25) is 14.5 Å². The van der Waals surface area contributed by atoms with E-state index in [0.717, 1.165) is 19.6 Å². The first-order valence-corrected chi connectivity index (χ1v) is 9.93. The Hall–Kier alpha value is -3.12. The van der Waals surface area contributed by atoms with Crippen LogP contribution in [-0.2, 0) is 9.59 Å². The van der Waals surface area contributed by atoms with Crippen molar-refractivity contribution in [1.82, 2.24) is 9.80 Å². The molecule has 0 spiro atoms. The van der Waals surface area contributed by atoms with Crippen LogP contribution in [0.4, 0.5) is 5.69 Å². The SMILES string of the molecule is CCOc1ccccc1NC(=O)C(=O)N1CCN(C/C=C/c2ccccc2)CC1. The van der Waals surface area contributed by atoms with Crippen molar-refractivity contribution in [3.05, 3.63) is 66.2 Å². The van der Waals surface area contributed by atoms with Crippen molar-refractivity contribution in [1.29, 1.82) is 0 Å². The maximum atomic E-state index is 12.5. The van der Waals surface area contributed by atoms with Crippen molar-refractivity contribution in [3.8, 4) is 5.75 Å². The minimum Gasteiger partial charge on any atom is -0.492 e. The van der Waals surface area contributed by atoms with Gasteiger partial charge in [0.25, 0.3) is 0 Å². The van der Waals surface area contributed by atoms with Crippen molar-refractivity contribution < 1.29 is 14.3 Å². The normalized spacial score (nSPS) is 14.7. The molecule has 1 aliphatic heterocycles. The van der Waals surface area contributed by atoms with Gasteiger partial charge in [-0.1, -0.05) is 54.6 Å². The largest absolute Gasteiger partial charge is 0.492 e. The number of benzene rings is 2. The second kappa shape index (κ2) is 10.4. The molecule has 1 saturated heterocycles.